The van der Waals surface area contributed by atoms with Crippen molar-refractivity contribution in [2.24, 2.45) is 17.6 Å². The summed E-state index contributed by atoms with van der Waals surface area (Å²) in [5.41, 5.74) is 6.87. The highest BCUT2D eigenvalue weighted by Gasteiger charge is 2.48. The first kappa shape index (κ1) is 22.3. The van der Waals surface area contributed by atoms with Gasteiger partial charge < -0.3 is 21.3 Å². The maximum Gasteiger partial charge on any atom is 0.272 e. The molecule has 5 atom stereocenters. The molecule has 1 saturated carbocycles. The van der Waals surface area contributed by atoms with Crippen molar-refractivity contribution in [2.75, 3.05) is 6.54 Å². The van der Waals surface area contributed by atoms with Gasteiger partial charge in [-0.2, -0.15) is 5.10 Å². The van der Waals surface area contributed by atoms with Gasteiger partial charge in [-0.25, -0.2) is 0 Å². The highest BCUT2D eigenvalue weighted by atomic mass is 16.2. The third kappa shape index (κ3) is 4.09. The molecule has 9 heteroatoms. The minimum Gasteiger partial charge on any atom is -0.346 e. The van der Waals surface area contributed by atoms with E-state index in [0.29, 0.717) is 18.2 Å². The molecule has 2 aromatic rings. The van der Waals surface area contributed by atoms with Gasteiger partial charge in [-0.3, -0.25) is 19.5 Å². The summed E-state index contributed by atoms with van der Waals surface area (Å²) in [4.78, 5) is 40.5. The van der Waals surface area contributed by atoms with Crippen LogP contribution in [0, 0.1) is 11.8 Å². The standard InChI is InChI=1S/C23H32N6O3/c1-12(2)18(26-21(30)13(3)24)23(32)29-11-10-14-8-9-17(20(14)29)25-22(31)19-15-6-4-5-7-16(15)27-28-19/h4-7,12-14,17-18,20H,8-11,24H2,1-3H3,(H,25,31)(H,26,30)(H,27,28)/t13-,14?,17?,18?,20?/m0/s1. The number of carbonyl (C=O) groups excluding carboxylic acids is 3. The molecule has 4 unspecified atom stereocenters. The van der Waals surface area contributed by atoms with Gasteiger partial charge in [-0.05, 0) is 44.1 Å². The van der Waals surface area contributed by atoms with E-state index >= 15 is 0 Å². The van der Waals surface area contributed by atoms with Gasteiger partial charge in [0.1, 0.15) is 6.04 Å². The largest absolute Gasteiger partial charge is 0.346 e. The fourth-order valence-corrected chi connectivity index (χ4v) is 5.07. The first-order valence-electron chi connectivity index (χ1n) is 11.4. The molecular formula is C23H32N6O3. The van der Waals surface area contributed by atoms with Crippen LogP contribution in [0.15, 0.2) is 24.3 Å². The molecule has 0 radical (unpaired) electrons. The number of rotatable bonds is 6. The Balaban J connectivity index is 1.50. The summed E-state index contributed by atoms with van der Waals surface area (Å²) in [7, 11) is 0. The molecule has 2 aliphatic rings. The van der Waals surface area contributed by atoms with E-state index in [2.05, 4.69) is 20.8 Å². The average molecular weight is 441 g/mol. The van der Waals surface area contributed by atoms with Crippen molar-refractivity contribution in [3.63, 3.8) is 0 Å². The molecule has 1 aliphatic heterocycles. The molecular weight excluding hydrogens is 408 g/mol. The Kier molecular flexibility index (Phi) is 6.19. The van der Waals surface area contributed by atoms with Gasteiger partial charge in [-0.1, -0.05) is 32.0 Å². The second-order valence-corrected chi connectivity index (χ2v) is 9.37. The molecule has 1 aromatic heterocycles. The van der Waals surface area contributed by atoms with Crippen LogP contribution in [0.2, 0.25) is 0 Å². The topological polar surface area (TPSA) is 133 Å². The smallest absolute Gasteiger partial charge is 0.272 e. The van der Waals surface area contributed by atoms with Crippen molar-refractivity contribution in [3.8, 4) is 0 Å². The minimum absolute atomic E-state index is 0.0749. The fourth-order valence-electron chi connectivity index (χ4n) is 5.07. The second-order valence-electron chi connectivity index (χ2n) is 9.37. The number of amides is 3. The van der Waals surface area contributed by atoms with Gasteiger partial charge in [0.15, 0.2) is 5.69 Å². The Bertz CT molecular complexity index is 1020. The van der Waals surface area contributed by atoms with E-state index in [-0.39, 0.29) is 35.7 Å². The third-order valence-electron chi connectivity index (χ3n) is 6.77. The summed E-state index contributed by atoms with van der Waals surface area (Å²) in [6.45, 7) is 6.05. The quantitative estimate of drug-likeness (QED) is 0.535. The molecule has 1 saturated heterocycles. The summed E-state index contributed by atoms with van der Waals surface area (Å²) in [6.07, 6.45) is 2.67. The number of nitrogens with two attached hydrogens (primary N) is 1. The second kappa shape index (κ2) is 8.90. The number of nitrogens with one attached hydrogen (secondary N) is 3. The highest BCUT2D eigenvalue weighted by molar-refractivity contribution is 6.04. The third-order valence-corrected chi connectivity index (χ3v) is 6.77. The molecule has 1 aromatic carbocycles. The Morgan fingerprint density at radius 2 is 1.91 bits per heavy atom. The van der Waals surface area contributed by atoms with Crippen LogP contribution in [0.1, 0.15) is 50.5 Å². The summed E-state index contributed by atoms with van der Waals surface area (Å²) >= 11 is 0. The van der Waals surface area contributed by atoms with Crippen molar-refractivity contribution < 1.29 is 14.4 Å². The van der Waals surface area contributed by atoms with Crippen molar-refractivity contribution in [1.29, 1.82) is 0 Å². The zero-order chi connectivity index (χ0) is 23.0. The number of hydrogen-bond donors (Lipinski definition) is 4. The van der Waals surface area contributed by atoms with Crippen LogP contribution >= 0.6 is 0 Å². The number of aromatic nitrogens is 2. The SMILES string of the molecule is CC(C)C(NC(=O)[C@H](C)N)C(=O)N1CCC2CCC(NC(=O)c3n[nH]c4ccccc34)C21. The van der Waals surface area contributed by atoms with Crippen molar-refractivity contribution in [1.82, 2.24) is 25.7 Å². The van der Waals surface area contributed by atoms with Gasteiger partial charge in [0.25, 0.3) is 5.91 Å². The molecule has 32 heavy (non-hydrogen) atoms. The summed E-state index contributed by atoms with van der Waals surface area (Å²) < 4.78 is 0. The zero-order valence-electron chi connectivity index (χ0n) is 18.8. The Hall–Kier alpha value is -2.94. The van der Waals surface area contributed by atoms with E-state index in [0.717, 1.165) is 30.2 Å². The highest BCUT2D eigenvalue weighted by Crippen LogP contribution is 2.39. The molecule has 1 aliphatic carbocycles. The molecule has 2 fully saturated rings. The van der Waals surface area contributed by atoms with E-state index in [1.807, 2.05) is 43.0 Å². The summed E-state index contributed by atoms with van der Waals surface area (Å²) in [5.74, 6) is -0.411. The van der Waals surface area contributed by atoms with E-state index in [9.17, 15) is 14.4 Å². The van der Waals surface area contributed by atoms with E-state index < -0.39 is 12.1 Å². The predicted molar refractivity (Wildman–Crippen MR) is 121 cm³/mol. The Morgan fingerprint density at radius 1 is 1.16 bits per heavy atom. The van der Waals surface area contributed by atoms with Crippen LogP contribution in [0.25, 0.3) is 10.9 Å². The molecule has 172 valence electrons. The zero-order valence-corrected chi connectivity index (χ0v) is 18.8. The lowest BCUT2D eigenvalue weighted by Crippen LogP contribution is -2.58. The maximum absolute atomic E-state index is 13.5. The lowest BCUT2D eigenvalue weighted by atomic mass is 9.99. The lowest BCUT2D eigenvalue weighted by molar-refractivity contribution is -0.139. The first-order valence-corrected chi connectivity index (χ1v) is 11.4. The predicted octanol–water partition coefficient (Wildman–Crippen LogP) is 1.16. The van der Waals surface area contributed by atoms with E-state index in [1.165, 1.54) is 0 Å². The van der Waals surface area contributed by atoms with Gasteiger partial charge in [-0.15, -0.1) is 0 Å². The van der Waals surface area contributed by atoms with E-state index in [1.54, 1.807) is 6.92 Å². The van der Waals surface area contributed by atoms with Crippen molar-refractivity contribution in [2.45, 2.75) is 64.2 Å². The fraction of sp³-hybridized carbons (Fsp3) is 0.565. The van der Waals surface area contributed by atoms with E-state index in [4.69, 9.17) is 5.73 Å². The number of para-hydroxylation sites is 1. The first-order chi connectivity index (χ1) is 15.3. The number of aromatic amines is 1. The van der Waals surface area contributed by atoms with Crippen LogP contribution in [0.5, 0.6) is 0 Å². The number of likely N-dealkylation sites (tertiary alicyclic amines) is 1. The van der Waals surface area contributed by atoms with Crippen LogP contribution in [0.4, 0.5) is 0 Å². The van der Waals surface area contributed by atoms with Gasteiger partial charge >= 0.3 is 0 Å². The molecule has 4 rings (SSSR count). The molecule has 3 amide bonds. The monoisotopic (exact) mass is 440 g/mol. The Morgan fingerprint density at radius 3 is 2.62 bits per heavy atom. The minimum atomic E-state index is -0.683. The number of carbonyl (C=O) groups is 3. The number of nitrogens with zero attached hydrogens (tertiary/aromatic N) is 2. The molecule has 9 nitrogen and oxygen atoms in total. The van der Waals surface area contributed by atoms with Crippen molar-refractivity contribution in [3.05, 3.63) is 30.0 Å². The van der Waals surface area contributed by atoms with Crippen LogP contribution in [-0.2, 0) is 9.59 Å². The molecule has 5 N–H and O–H groups in total. The number of fused-ring (bicyclic) bond motifs is 2. The number of benzene rings is 1. The van der Waals surface area contributed by atoms with Crippen LogP contribution in [0.3, 0.4) is 0 Å². The Labute approximate surface area is 187 Å². The van der Waals surface area contributed by atoms with Gasteiger partial charge in [0.2, 0.25) is 11.8 Å². The van der Waals surface area contributed by atoms with Crippen LogP contribution in [-0.4, -0.2) is 63.5 Å². The lowest BCUT2D eigenvalue weighted by Gasteiger charge is -2.34. The van der Waals surface area contributed by atoms with Gasteiger partial charge in [0, 0.05) is 18.0 Å². The summed E-state index contributed by atoms with van der Waals surface area (Å²) in [6, 6.07) is 5.96. The molecule has 0 spiro atoms. The number of hydrogen-bond acceptors (Lipinski definition) is 5. The summed E-state index contributed by atoms with van der Waals surface area (Å²) in [5, 5.41) is 13.8. The molecule has 2 heterocycles. The average Bonchev–Trinajstić information content (AvgIpc) is 3.46. The van der Waals surface area contributed by atoms with Gasteiger partial charge in [0.05, 0.1) is 17.6 Å². The van der Waals surface area contributed by atoms with Crippen molar-refractivity contribution >= 4 is 28.6 Å². The number of H-pyrrole nitrogens is 1. The maximum atomic E-state index is 13.5. The molecule has 0 bridgehead atoms. The normalized spacial score (nSPS) is 24.4. The van der Waals surface area contributed by atoms with Crippen LogP contribution < -0.4 is 16.4 Å².